The minimum absolute atomic E-state index is 0.116. The van der Waals surface area contributed by atoms with E-state index in [-0.39, 0.29) is 11.8 Å². The number of para-hydroxylation sites is 3. The van der Waals surface area contributed by atoms with Crippen molar-refractivity contribution in [2.45, 2.75) is 26.9 Å². The number of carbonyl (C=O) groups excluding carboxylic acids is 2. The van der Waals surface area contributed by atoms with Crippen molar-refractivity contribution >= 4 is 17.5 Å². The summed E-state index contributed by atoms with van der Waals surface area (Å²) in [5, 5.41) is 2.80. The molecule has 6 nitrogen and oxygen atoms in total. The number of benzene rings is 2. The molecule has 27 heavy (non-hydrogen) atoms. The Bertz CT molecular complexity index is 787. The van der Waals surface area contributed by atoms with Crippen LogP contribution in [0.15, 0.2) is 48.5 Å². The smallest absolute Gasteiger partial charge is 0.265 e. The molecule has 0 aromatic heterocycles. The number of hydrogen-bond acceptors (Lipinski definition) is 4. The minimum atomic E-state index is -0.766. The summed E-state index contributed by atoms with van der Waals surface area (Å²) in [4.78, 5) is 27.0. The molecule has 2 aromatic rings. The van der Waals surface area contributed by atoms with Crippen molar-refractivity contribution < 1.29 is 19.1 Å². The number of ether oxygens (including phenoxy) is 2. The summed E-state index contributed by atoms with van der Waals surface area (Å²) in [6.45, 7) is 6.70. The van der Waals surface area contributed by atoms with Crippen LogP contribution in [0.2, 0.25) is 0 Å². The number of nitrogens with zero attached hydrogens (tertiary/aromatic N) is 1. The third-order valence-electron chi connectivity index (χ3n) is 4.21. The summed E-state index contributed by atoms with van der Waals surface area (Å²) < 4.78 is 11.0. The standard InChI is InChI=1S/C21H26N2O4/c1-5-23(6-2)21(25)16-11-7-8-12-17(16)22-20(24)15(3)27-19-14-10-9-13-18(19)26-4/h7-15H,5-6H2,1-4H3,(H,22,24)/t15-/m0/s1. The quantitative estimate of drug-likeness (QED) is 0.771. The largest absolute Gasteiger partial charge is 0.493 e. The van der Waals surface area contributed by atoms with Crippen molar-refractivity contribution in [1.29, 1.82) is 0 Å². The summed E-state index contributed by atoms with van der Waals surface area (Å²) in [6, 6.07) is 14.1. The van der Waals surface area contributed by atoms with E-state index >= 15 is 0 Å². The van der Waals surface area contributed by atoms with Gasteiger partial charge in [0.2, 0.25) is 0 Å². The van der Waals surface area contributed by atoms with E-state index in [9.17, 15) is 9.59 Å². The molecule has 6 heteroatoms. The number of methoxy groups -OCH3 is 1. The summed E-state index contributed by atoms with van der Waals surface area (Å²) in [6.07, 6.45) is -0.766. The zero-order valence-corrected chi connectivity index (χ0v) is 16.2. The molecule has 0 radical (unpaired) electrons. The highest BCUT2D eigenvalue weighted by Crippen LogP contribution is 2.27. The Morgan fingerprint density at radius 3 is 2.22 bits per heavy atom. The second-order valence-electron chi connectivity index (χ2n) is 5.92. The topological polar surface area (TPSA) is 67.9 Å². The maximum atomic E-state index is 12.7. The average molecular weight is 370 g/mol. The van der Waals surface area contributed by atoms with Crippen LogP contribution in [0.5, 0.6) is 11.5 Å². The van der Waals surface area contributed by atoms with Crippen LogP contribution in [0.25, 0.3) is 0 Å². The molecule has 0 heterocycles. The van der Waals surface area contributed by atoms with Gasteiger partial charge in [-0.3, -0.25) is 9.59 Å². The number of carbonyl (C=O) groups is 2. The van der Waals surface area contributed by atoms with E-state index in [1.165, 1.54) is 0 Å². The van der Waals surface area contributed by atoms with Crippen molar-refractivity contribution in [3.05, 3.63) is 54.1 Å². The number of rotatable bonds is 8. The van der Waals surface area contributed by atoms with Crippen LogP contribution in [0.1, 0.15) is 31.1 Å². The van der Waals surface area contributed by atoms with Crippen LogP contribution >= 0.6 is 0 Å². The molecular weight excluding hydrogens is 344 g/mol. The van der Waals surface area contributed by atoms with E-state index in [4.69, 9.17) is 9.47 Å². The van der Waals surface area contributed by atoms with Gasteiger partial charge in [-0.15, -0.1) is 0 Å². The van der Waals surface area contributed by atoms with Gasteiger partial charge in [0.15, 0.2) is 17.6 Å². The van der Waals surface area contributed by atoms with E-state index in [0.29, 0.717) is 35.8 Å². The fourth-order valence-corrected chi connectivity index (χ4v) is 2.65. The Morgan fingerprint density at radius 1 is 1.00 bits per heavy atom. The first-order chi connectivity index (χ1) is 13.0. The molecule has 0 spiro atoms. The van der Waals surface area contributed by atoms with Crippen molar-refractivity contribution in [1.82, 2.24) is 4.90 Å². The fourth-order valence-electron chi connectivity index (χ4n) is 2.65. The molecule has 0 aliphatic heterocycles. The normalized spacial score (nSPS) is 11.4. The molecule has 0 unspecified atom stereocenters. The molecule has 0 saturated carbocycles. The highest BCUT2D eigenvalue weighted by atomic mass is 16.5. The van der Waals surface area contributed by atoms with E-state index in [2.05, 4.69) is 5.32 Å². The SMILES string of the molecule is CCN(CC)C(=O)c1ccccc1NC(=O)[C@H](C)Oc1ccccc1OC. The van der Waals surface area contributed by atoms with Crippen molar-refractivity contribution in [2.75, 3.05) is 25.5 Å². The van der Waals surface area contributed by atoms with Gasteiger partial charge in [-0.2, -0.15) is 0 Å². The van der Waals surface area contributed by atoms with Crippen LogP contribution in [0.3, 0.4) is 0 Å². The Kier molecular flexibility index (Phi) is 7.23. The van der Waals surface area contributed by atoms with Crippen molar-refractivity contribution in [3.8, 4) is 11.5 Å². The average Bonchev–Trinajstić information content (AvgIpc) is 2.69. The lowest BCUT2D eigenvalue weighted by Crippen LogP contribution is -2.33. The van der Waals surface area contributed by atoms with Gasteiger partial charge in [-0.05, 0) is 45.0 Å². The Hall–Kier alpha value is -3.02. The number of nitrogens with one attached hydrogen (secondary N) is 1. The van der Waals surface area contributed by atoms with Gasteiger partial charge < -0.3 is 19.7 Å². The van der Waals surface area contributed by atoms with Gasteiger partial charge >= 0.3 is 0 Å². The van der Waals surface area contributed by atoms with E-state index in [1.807, 2.05) is 19.9 Å². The molecule has 2 amide bonds. The van der Waals surface area contributed by atoms with E-state index in [0.717, 1.165) is 0 Å². The zero-order valence-electron chi connectivity index (χ0n) is 16.2. The molecule has 2 aromatic carbocycles. The van der Waals surface area contributed by atoms with Gasteiger partial charge in [0.05, 0.1) is 18.4 Å². The van der Waals surface area contributed by atoms with Gasteiger partial charge in [0, 0.05) is 13.1 Å². The first kappa shape index (κ1) is 20.3. The van der Waals surface area contributed by atoms with Crippen LogP contribution in [-0.4, -0.2) is 43.0 Å². The van der Waals surface area contributed by atoms with E-state index in [1.54, 1.807) is 61.4 Å². The molecule has 0 fully saturated rings. The second kappa shape index (κ2) is 9.62. The third-order valence-corrected chi connectivity index (χ3v) is 4.21. The molecular formula is C21H26N2O4. The molecule has 1 atom stereocenters. The van der Waals surface area contributed by atoms with Crippen LogP contribution in [0, 0.1) is 0 Å². The number of hydrogen-bond donors (Lipinski definition) is 1. The highest BCUT2D eigenvalue weighted by molar-refractivity contribution is 6.04. The molecule has 1 N–H and O–H groups in total. The first-order valence-corrected chi connectivity index (χ1v) is 9.00. The fraction of sp³-hybridized carbons (Fsp3) is 0.333. The predicted molar refractivity (Wildman–Crippen MR) is 105 cm³/mol. The monoisotopic (exact) mass is 370 g/mol. The summed E-state index contributed by atoms with van der Waals surface area (Å²) >= 11 is 0. The lowest BCUT2D eigenvalue weighted by atomic mass is 10.1. The summed E-state index contributed by atoms with van der Waals surface area (Å²) in [7, 11) is 1.54. The third kappa shape index (κ3) is 5.00. The maximum Gasteiger partial charge on any atom is 0.265 e. The van der Waals surface area contributed by atoms with Crippen LogP contribution in [0.4, 0.5) is 5.69 Å². The van der Waals surface area contributed by atoms with Crippen LogP contribution < -0.4 is 14.8 Å². The highest BCUT2D eigenvalue weighted by Gasteiger charge is 2.21. The van der Waals surface area contributed by atoms with Gasteiger partial charge in [-0.25, -0.2) is 0 Å². The second-order valence-corrected chi connectivity index (χ2v) is 5.92. The van der Waals surface area contributed by atoms with Crippen LogP contribution in [-0.2, 0) is 4.79 Å². The molecule has 144 valence electrons. The number of anilines is 1. The van der Waals surface area contributed by atoms with E-state index < -0.39 is 6.10 Å². The predicted octanol–water partition coefficient (Wildman–Crippen LogP) is 3.58. The minimum Gasteiger partial charge on any atom is -0.493 e. The summed E-state index contributed by atoms with van der Waals surface area (Å²) in [5.74, 6) is 0.569. The number of amides is 2. The molecule has 0 bridgehead atoms. The van der Waals surface area contributed by atoms with Gasteiger partial charge in [0.1, 0.15) is 0 Å². The lowest BCUT2D eigenvalue weighted by molar-refractivity contribution is -0.122. The Labute approximate surface area is 160 Å². The van der Waals surface area contributed by atoms with Crippen molar-refractivity contribution in [2.24, 2.45) is 0 Å². The van der Waals surface area contributed by atoms with Gasteiger partial charge in [-0.1, -0.05) is 24.3 Å². The Balaban J connectivity index is 2.15. The first-order valence-electron chi connectivity index (χ1n) is 9.00. The zero-order chi connectivity index (χ0) is 19.8. The molecule has 2 rings (SSSR count). The Morgan fingerprint density at radius 2 is 1.59 bits per heavy atom. The molecule has 0 aliphatic rings. The lowest BCUT2D eigenvalue weighted by Gasteiger charge is -2.21. The molecule has 0 aliphatic carbocycles. The maximum absolute atomic E-state index is 12.7. The van der Waals surface area contributed by atoms with Gasteiger partial charge in [0.25, 0.3) is 11.8 Å². The summed E-state index contributed by atoms with van der Waals surface area (Å²) in [5.41, 5.74) is 0.925. The molecule has 0 saturated heterocycles. The van der Waals surface area contributed by atoms with Crippen molar-refractivity contribution in [3.63, 3.8) is 0 Å².